The summed E-state index contributed by atoms with van der Waals surface area (Å²) < 4.78 is 16.2. The third-order valence-electron chi connectivity index (χ3n) is 4.13. The van der Waals surface area contributed by atoms with Gasteiger partial charge in [-0.2, -0.15) is 5.26 Å². The number of aromatic nitrogens is 2. The van der Waals surface area contributed by atoms with Crippen molar-refractivity contribution in [2.75, 3.05) is 0 Å². The standard InChI is InChI=1S/C15H12FN3S2/c16-10-1-2-11-9(5-10)6-13-14(11)21-15(20-13)12(7-17)19-4-3-18-8-19/h1,3-5,8,11,13-14H,2,6H2. The smallest absolute Gasteiger partial charge is 0.145 e. The van der Waals surface area contributed by atoms with E-state index in [-0.39, 0.29) is 5.83 Å². The van der Waals surface area contributed by atoms with Crippen LogP contribution in [-0.2, 0) is 0 Å². The molecule has 4 rings (SSSR count). The largest absolute Gasteiger partial charge is 0.296 e. The van der Waals surface area contributed by atoms with Gasteiger partial charge < -0.3 is 0 Å². The summed E-state index contributed by atoms with van der Waals surface area (Å²) in [6.45, 7) is 0. The zero-order valence-corrected chi connectivity index (χ0v) is 12.7. The lowest BCUT2D eigenvalue weighted by Gasteiger charge is -2.19. The summed E-state index contributed by atoms with van der Waals surface area (Å²) >= 11 is 3.54. The maximum Gasteiger partial charge on any atom is 0.145 e. The van der Waals surface area contributed by atoms with Crippen molar-refractivity contribution < 1.29 is 4.39 Å². The third-order valence-corrected chi connectivity index (χ3v) is 7.39. The first-order valence-corrected chi connectivity index (χ1v) is 8.54. The number of nitrogens with zero attached hydrogens (tertiary/aromatic N) is 3. The van der Waals surface area contributed by atoms with Gasteiger partial charge in [-0.3, -0.25) is 4.57 Å². The molecule has 0 N–H and O–H groups in total. The lowest BCUT2D eigenvalue weighted by atomic mass is 9.94. The topological polar surface area (TPSA) is 41.6 Å². The van der Waals surface area contributed by atoms with Gasteiger partial charge in [-0.1, -0.05) is 5.57 Å². The van der Waals surface area contributed by atoms with Gasteiger partial charge in [0.05, 0.1) is 10.6 Å². The van der Waals surface area contributed by atoms with Gasteiger partial charge in [0.2, 0.25) is 0 Å². The molecule has 0 bridgehead atoms. The van der Waals surface area contributed by atoms with Crippen LogP contribution in [0.5, 0.6) is 0 Å². The van der Waals surface area contributed by atoms with Crippen LogP contribution >= 0.6 is 23.5 Å². The van der Waals surface area contributed by atoms with Gasteiger partial charge in [0.15, 0.2) is 0 Å². The van der Waals surface area contributed by atoms with Gasteiger partial charge in [-0.15, -0.1) is 23.5 Å². The SMILES string of the molecule is N#CC(=C1SC2CC3=CC(F)=CCC3C2S1)n1ccnc1. The molecule has 1 aromatic rings. The van der Waals surface area contributed by atoms with Crippen molar-refractivity contribution in [2.45, 2.75) is 23.3 Å². The zero-order valence-electron chi connectivity index (χ0n) is 11.1. The Morgan fingerprint density at radius 2 is 2.38 bits per heavy atom. The molecule has 1 saturated carbocycles. The molecular weight excluding hydrogens is 305 g/mol. The first kappa shape index (κ1) is 13.2. The highest BCUT2D eigenvalue weighted by Gasteiger charge is 2.46. The molecule has 0 spiro atoms. The molecule has 6 heteroatoms. The molecule has 2 heterocycles. The number of rotatable bonds is 1. The summed E-state index contributed by atoms with van der Waals surface area (Å²) in [6, 6.07) is 2.29. The summed E-state index contributed by atoms with van der Waals surface area (Å²) in [5.74, 6) is 0.329. The predicted octanol–water partition coefficient (Wildman–Crippen LogP) is 3.95. The Balaban J connectivity index is 1.63. The van der Waals surface area contributed by atoms with E-state index in [0.717, 1.165) is 17.1 Å². The van der Waals surface area contributed by atoms with E-state index in [4.69, 9.17) is 0 Å². The number of halogens is 1. The van der Waals surface area contributed by atoms with Crippen LogP contribution in [0.4, 0.5) is 4.39 Å². The second kappa shape index (κ2) is 5.08. The van der Waals surface area contributed by atoms with Crippen molar-refractivity contribution in [1.29, 1.82) is 5.26 Å². The average molecular weight is 317 g/mol. The average Bonchev–Trinajstić information content (AvgIpc) is 3.15. The number of hydrogen-bond acceptors (Lipinski definition) is 4. The molecule has 0 amide bonds. The highest BCUT2D eigenvalue weighted by Crippen LogP contribution is 2.60. The summed E-state index contributed by atoms with van der Waals surface area (Å²) in [6.07, 6.45) is 10.2. The first-order valence-electron chi connectivity index (χ1n) is 6.78. The van der Waals surface area contributed by atoms with Crippen molar-refractivity contribution in [1.82, 2.24) is 9.55 Å². The van der Waals surface area contributed by atoms with Gasteiger partial charge >= 0.3 is 0 Å². The molecule has 106 valence electrons. The van der Waals surface area contributed by atoms with Crippen LogP contribution in [0.1, 0.15) is 12.8 Å². The van der Waals surface area contributed by atoms with E-state index >= 15 is 0 Å². The van der Waals surface area contributed by atoms with Crippen LogP contribution in [0.25, 0.3) is 5.70 Å². The van der Waals surface area contributed by atoms with Gasteiger partial charge in [0, 0.05) is 22.9 Å². The number of nitriles is 1. The molecule has 2 fully saturated rings. The molecule has 21 heavy (non-hydrogen) atoms. The van der Waals surface area contributed by atoms with E-state index in [0.29, 0.717) is 22.1 Å². The fraction of sp³-hybridized carbons (Fsp3) is 0.333. The Kier molecular flexibility index (Phi) is 3.20. The molecule has 1 aliphatic heterocycles. The number of hydrogen-bond donors (Lipinski definition) is 0. The first-order chi connectivity index (χ1) is 10.3. The summed E-state index contributed by atoms with van der Waals surface area (Å²) in [7, 11) is 0. The molecule has 1 saturated heterocycles. The second-order valence-electron chi connectivity index (χ2n) is 5.31. The van der Waals surface area contributed by atoms with Gasteiger partial charge in [0.25, 0.3) is 0 Å². The highest BCUT2D eigenvalue weighted by atomic mass is 32.2. The Labute approximate surface area is 130 Å². The quantitative estimate of drug-likeness (QED) is 0.735. The molecule has 3 unspecified atom stereocenters. The van der Waals surface area contributed by atoms with E-state index in [1.54, 1.807) is 59.0 Å². The van der Waals surface area contributed by atoms with E-state index in [1.165, 1.54) is 5.57 Å². The fourth-order valence-electron chi connectivity index (χ4n) is 3.16. The minimum atomic E-state index is -0.0943. The van der Waals surface area contributed by atoms with Crippen LogP contribution in [0, 0.1) is 17.2 Å². The Hall–Kier alpha value is -1.45. The van der Waals surface area contributed by atoms with Crippen LogP contribution in [0.2, 0.25) is 0 Å². The van der Waals surface area contributed by atoms with Crippen molar-refractivity contribution >= 4 is 29.2 Å². The van der Waals surface area contributed by atoms with Gasteiger partial charge in [-0.05, 0) is 30.9 Å². The number of thioether (sulfide) groups is 2. The number of allylic oxidation sites excluding steroid dienone is 5. The second-order valence-corrected chi connectivity index (χ2v) is 8.01. The lowest BCUT2D eigenvalue weighted by molar-refractivity contribution is 0.597. The predicted molar refractivity (Wildman–Crippen MR) is 83.8 cm³/mol. The van der Waals surface area contributed by atoms with Crippen LogP contribution in [0.15, 0.2) is 46.5 Å². The van der Waals surface area contributed by atoms with E-state index in [2.05, 4.69) is 11.1 Å². The molecule has 0 radical (unpaired) electrons. The maximum atomic E-state index is 13.4. The Bertz CT molecular complexity index is 712. The zero-order chi connectivity index (χ0) is 14.4. The lowest BCUT2D eigenvalue weighted by Crippen LogP contribution is -2.16. The molecule has 3 atom stereocenters. The third kappa shape index (κ3) is 2.16. The van der Waals surface area contributed by atoms with Gasteiger partial charge in [0.1, 0.15) is 17.6 Å². The van der Waals surface area contributed by atoms with Crippen molar-refractivity contribution in [3.8, 4) is 6.07 Å². The monoisotopic (exact) mass is 317 g/mol. The van der Waals surface area contributed by atoms with Crippen molar-refractivity contribution in [3.05, 3.63) is 46.5 Å². The van der Waals surface area contributed by atoms with Gasteiger partial charge in [-0.25, -0.2) is 9.37 Å². The van der Waals surface area contributed by atoms with Crippen LogP contribution in [-0.4, -0.2) is 20.1 Å². The van der Waals surface area contributed by atoms with Crippen molar-refractivity contribution in [3.63, 3.8) is 0 Å². The Morgan fingerprint density at radius 3 is 3.14 bits per heavy atom. The summed E-state index contributed by atoms with van der Waals surface area (Å²) in [5.41, 5.74) is 1.89. The maximum absolute atomic E-state index is 13.4. The van der Waals surface area contributed by atoms with Crippen LogP contribution < -0.4 is 0 Å². The Morgan fingerprint density at radius 1 is 1.48 bits per heavy atom. The normalized spacial score (nSPS) is 32.9. The van der Waals surface area contributed by atoms with E-state index in [9.17, 15) is 9.65 Å². The number of fused-ring (bicyclic) bond motifs is 3. The minimum Gasteiger partial charge on any atom is -0.296 e. The molecule has 1 aromatic heterocycles. The summed E-state index contributed by atoms with van der Waals surface area (Å²) in [5, 5.41) is 10.3. The fourth-order valence-corrected chi connectivity index (χ4v) is 6.77. The molecule has 3 aliphatic rings. The number of imidazole rings is 1. The molecule has 2 aliphatic carbocycles. The van der Waals surface area contributed by atoms with Crippen molar-refractivity contribution in [2.24, 2.45) is 5.92 Å². The minimum absolute atomic E-state index is 0.0943. The molecule has 0 aromatic carbocycles. The van der Waals surface area contributed by atoms with Crippen LogP contribution in [0.3, 0.4) is 0 Å². The van der Waals surface area contributed by atoms with E-state index < -0.39 is 0 Å². The molecular formula is C15H12FN3S2. The molecule has 3 nitrogen and oxygen atoms in total. The van der Waals surface area contributed by atoms with E-state index in [1.807, 2.05) is 0 Å². The summed E-state index contributed by atoms with van der Waals surface area (Å²) in [4.78, 5) is 4.01. The highest BCUT2D eigenvalue weighted by molar-refractivity contribution is 8.26.